The molecule has 4 aromatic rings. The van der Waals surface area contributed by atoms with E-state index in [1.807, 2.05) is 0 Å². The third-order valence-corrected chi connectivity index (χ3v) is 6.03. The van der Waals surface area contributed by atoms with Crippen molar-refractivity contribution in [3.8, 4) is 11.1 Å². The highest BCUT2D eigenvalue weighted by atomic mass is 15.1. The summed E-state index contributed by atoms with van der Waals surface area (Å²) < 4.78 is 0. The van der Waals surface area contributed by atoms with Gasteiger partial charge in [0.25, 0.3) is 0 Å². The molecule has 0 aliphatic heterocycles. The van der Waals surface area contributed by atoms with Crippen LogP contribution in [-0.2, 0) is 5.41 Å². The van der Waals surface area contributed by atoms with Gasteiger partial charge in [0, 0.05) is 23.8 Å². The monoisotopic (exact) mass is 450 g/mol. The van der Waals surface area contributed by atoms with Gasteiger partial charge in [0.1, 0.15) is 0 Å². The van der Waals surface area contributed by atoms with Crippen molar-refractivity contribution in [1.82, 2.24) is 9.97 Å². The second-order valence-corrected chi connectivity index (χ2v) is 10.2. The summed E-state index contributed by atoms with van der Waals surface area (Å²) in [6.45, 7) is 15.3. The van der Waals surface area contributed by atoms with Crippen molar-refractivity contribution in [2.75, 3.05) is 10.6 Å². The van der Waals surface area contributed by atoms with Gasteiger partial charge in [-0.2, -0.15) is 0 Å². The van der Waals surface area contributed by atoms with Crippen LogP contribution in [-0.4, -0.2) is 9.97 Å². The highest BCUT2D eigenvalue weighted by Crippen LogP contribution is 2.37. The largest absolute Gasteiger partial charge is 0.337 e. The fourth-order valence-electron chi connectivity index (χ4n) is 4.53. The van der Waals surface area contributed by atoms with E-state index < -0.39 is 0 Å². The molecular formula is C30H34N4. The lowest BCUT2D eigenvalue weighted by molar-refractivity contribution is 0.592. The van der Waals surface area contributed by atoms with E-state index in [0.717, 1.165) is 11.4 Å². The topological polar surface area (TPSA) is 49.8 Å². The predicted octanol–water partition coefficient (Wildman–Crippen LogP) is 8.16. The first-order valence-corrected chi connectivity index (χ1v) is 11.8. The van der Waals surface area contributed by atoms with E-state index in [4.69, 9.17) is 0 Å². The van der Waals surface area contributed by atoms with Gasteiger partial charge in [0.15, 0.2) is 11.6 Å². The Morgan fingerprint density at radius 3 is 1.85 bits per heavy atom. The lowest BCUT2D eigenvalue weighted by Crippen LogP contribution is -2.15. The first kappa shape index (κ1) is 23.5. The average Bonchev–Trinajstić information content (AvgIpc) is 2.74. The van der Waals surface area contributed by atoms with Crippen molar-refractivity contribution in [3.05, 3.63) is 94.8 Å². The molecule has 0 aliphatic rings. The Labute approximate surface area is 203 Å². The summed E-state index contributed by atoms with van der Waals surface area (Å²) in [7, 11) is 0. The zero-order valence-corrected chi connectivity index (χ0v) is 21.2. The lowest BCUT2D eigenvalue weighted by Gasteiger charge is -2.25. The molecule has 34 heavy (non-hydrogen) atoms. The van der Waals surface area contributed by atoms with Crippen molar-refractivity contribution < 1.29 is 0 Å². The Bertz CT molecular complexity index is 1290. The molecule has 0 saturated heterocycles. The van der Waals surface area contributed by atoms with Crippen LogP contribution in [0.15, 0.2) is 67.0 Å². The van der Waals surface area contributed by atoms with Crippen molar-refractivity contribution in [1.29, 1.82) is 0 Å². The van der Waals surface area contributed by atoms with Gasteiger partial charge in [-0.15, -0.1) is 0 Å². The Morgan fingerprint density at radius 1 is 0.676 bits per heavy atom. The molecule has 0 amide bonds. The molecule has 2 N–H and O–H groups in total. The Kier molecular flexibility index (Phi) is 6.43. The molecule has 4 rings (SSSR count). The number of hydrogen-bond donors (Lipinski definition) is 2. The summed E-state index contributed by atoms with van der Waals surface area (Å²) in [5.41, 5.74) is 10.7. The van der Waals surface area contributed by atoms with Crippen LogP contribution in [0, 0.1) is 27.7 Å². The van der Waals surface area contributed by atoms with Crippen LogP contribution in [0.2, 0.25) is 0 Å². The number of nitrogens with zero attached hydrogens (tertiary/aromatic N) is 2. The van der Waals surface area contributed by atoms with Gasteiger partial charge in [0.05, 0.1) is 0 Å². The molecule has 0 aliphatic carbocycles. The van der Waals surface area contributed by atoms with Crippen LogP contribution in [0.5, 0.6) is 0 Å². The zero-order chi connectivity index (χ0) is 24.5. The normalized spacial score (nSPS) is 11.4. The van der Waals surface area contributed by atoms with Gasteiger partial charge >= 0.3 is 0 Å². The molecule has 0 unspecified atom stereocenters. The van der Waals surface area contributed by atoms with E-state index in [1.54, 1.807) is 12.4 Å². The van der Waals surface area contributed by atoms with Crippen LogP contribution >= 0.6 is 0 Å². The summed E-state index contributed by atoms with van der Waals surface area (Å²) in [5.74, 6) is 1.40. The van der Waals surface area contributed by atoms with Gasteiger partial charge < -0.3 is 10.6 Å². The number of benzene rings is 3. The SMILES string of the molecule is Cc1cc(C)cc(Nc2nccnc2Nc2ccc(-c3c(C)cccc3C)cc2C(C)(C)C)c1. The fraction of sp³-hybridized carbons (Fsp3) is 0.267. The highest BCUT2D eigenvalue weighted by molar-refractivity contribution is 5.78. The summed E-state index contributed by atoms with van der Waals surface area (Å²) in [5, 5.41) is 7.02. The van der Waals surface area contributed by atoms with Crippen LogP contribution < -0.4 is 10.6 Å². The van der Waals surface area contributed by atoms with Gasteiger partial charge in [0.2, 0.25) is 0 Å². The van der Waals surface area contributed by atoms with Crippen molar-refractivity contribution >= 4 is 23.0 Å². The number of hydrogen-bond acceptors (Lipinski definition) is 4. The molecule has 0 atom stereocenters. The second kappa shape index (κ2) is 9.30. The first-order chi connectivity index (χ1) is 16.1. The Hall–Kier alpha value is -3.66. The molecule has 0 saturated carbocycles. The molecule has 1 aromatic heterocycles. The van der Waals surface area contributed by atoms with Crippen LogP contribution in [0.4, 0.5) is 23.0 Å². The standard InChI is InChI=1S/C30H34N4/c1-19-15-20(2)17-24(16-19)33-28-29(32-14-13-31-28)34-26-12-11-23(18-25(26)30(5,6)7)27-21(3)9-8-10-22(27)4/h8-18H,1-7H3,(H,31,33)(H,32,34). The van der Waals surface area contributed by atoms with Gasteiger partial charge in [-0.05, 0) is 96.3 Å². The Balaban J connectivity index is 1.74. The fourth-order valence-corrected chi connectivity index (χ4v) is 4.53. The molecule has 0 bridgehead atoms. The van der Waals surface area contributed by atoms with Crippen LogP contribution in [0.3, 0.4) is 0 Å². The minimum atomic E-state index is -0.0572. The number of aromatic nitrogens is 2. The molecular weight excluding hydrogens is 416 g/mol. The van der Waals surface area contributed by atoms with Crippen LogP contribution in [0.1, 0.15) is 48.6 Å². The van der Waals surface area contributed by atoms with E-state index in [9.17, 15) is 0 Å². The van der Waals surface area contributed by atoms with Gasteiger partial charge in [-0.25, -0.2) is 9.97 Å². The molecule has 174 valence electrons. The second-order valence-electron chi connectivity index (χ2n) is 10.2. The molecule has 3 aromatic carbocycles. The van der Waals surface area contributed by atoms with E-state index in [1.165, 1.54) is 38.9 Å². The van der Waals surface area contributed by atoms with Crippen molar-refractivity contribution in [2.24, 2.45) is 0 Å². The van der Waals surface area contributed by atoms with E-state index in [2.05, 4.69) is 124 Å². The quantitative estimate of drug-likeness (QED) is 0.322. The molecule has 4 nitrogen and oxygen atoms in total. The molecule has 4 heteroatoms. The third-order valence-electron chi connectivity index (χ3n) is 6.03. The minimum absolute atomic E-state index is 0.0572. The minimum Gasteiger partial charge on any atom is -0.337 e. The maximum Gasteiger partial charge on any atom is 0.173 e. The number of anilines is 4. The maximum absolute atomic E-state index is 4.61. The third kappa shape index (κ3) is 5.12. The zero-order valence-electron chi connectivity index (χ0n) is 21.2. The smallest absolute Gasteiger partial charge is 0.173 e. The summed E-state index contributed by atoms with van der Waals surface area (Å²) in [4.78, 5) is 9.18. The predicted molar refractivity (Wildman–Crippen MR) is 145 cm³/mol. The average molecular weight is 451 g/mol. The van der Waals surface area contributed by atoms with Gasteiger partial charge in [-0.1, -0.05) is 51.1 Å². The first-order valence-electron chi connectivity index (χ1n) is 11.8. The molecule has 1 heterocycles. The Morgan fingerprint density at radius 2 is 1.26 bits per heavy atom. The van der Waals surface area contributed by atoms with E-state index in [0.29, 0.717) is 11.6 Å². The van der Waals surface area contributed by atoms with Crippen molar-refractivity contribution in [2.45, 2.75) is 53.9 Å². The summed E-state index contributed by atoms with van der Waals surface area (Å²) in [6, 6.07) is 19.5. The summed E-state index contributed by atoms with van der Waals surface area (Å²) in [6.07, 6.45) is 3.43. The molecule has 0 spiro atoms. The molecule has 0 radical (unpaired) electrons. The van der Waals surface area contributed by atoms with E-state index >= 15 is 0 Å². The lowest BCUT2D eigenvalue weighted by atomic mass is 9.83. The number of nitrogens with one attached hydrogen (secondary N) is 2. The van der Waals surface area contributed by atoms with Gasteiger partial charge in [-0.3, -0.25) is 0 Å². The highest BCUT2D eigenvalue weighted by Gasteiger charge is 2.21. The summed E-state index contributed by atoms with van der Waals surface area (Å²) >= 11 is 0. The van der Waals surface area contributed by atoms with E-state index in [-0.39, 0.29) is 5.41 Å². The number of aryl methyl sites for hydroxylation is 4. The molecule has 0 fully saturated rings. The maximum atomic E-state index is 4.61. The van der Waals surface area contributed by atoms with Crippen molar-refractivity contribution in [3.63, 3.8) is 0 Å². The van der Waals surface area contributed by atoms with Crippen LogP contribution in [0.25, 0.3) is 11.1 Å². The number of rotatable bonds is 5.